The molecule has 1 heterocycles. The molecule has 4 nitrogen and oxygen atoms in total. The summed E-state index contributed by atoms with van der Waals surface area (Å²) < 4.78 is 18.8. The lowest BCUT2D eigenvalue weighted by Crippen LogP contribution is -2.42. The van der Waals surface area contributed by atoms with Crippen LogP contribution >= 0.6 is 0 Å². The number of halogens is 1. The molecule has 1 amide bonds. The van der Waals surface area contributed by atoms with Gasteiger partial charge in [-0.1, -0.05) is 0 Å². The normalized spacial score (nSPS) is 17.8. The summed E-state index contributed by atoms with van der Waals surface area (Å²) in [5, 5.41) is 3.02. The molecule has 0 aromatic heterocycles. The smallest absolute Gasteiger partial charge is 0.227 e. The van der Waals surface area contributed by atoms with Crippen molar-refractivity contribution in [1.29, 1.82) is 0 Å². The molecule has 0 aliphatic carbocycles. The van der Waals surface area contributed by atoms with Gasteiger partial charge in [0.25, 0.3) is 0 Å². The van der Waals surface area contributed by atoms with Crippen LogP contribution in [0.5, 0.6) is 5.75 Å². The van der Waals surface area contributed by atoms with Gasteiger partial charge in [-0.05, 0) is 39.1 Å². The Hall–Kier alpha value is -1.62. The van der Waals surface area contributed by atoms with Crippen molar-refractivity contribution in [3.8, 4) is 5.75 Å². The van der Waals surface area contributed by atoms with Crippen LogP contribution in [-0.2, 0) is 4.79 Å². The van der Waals surface area contributed by atoms with Crippen molar-refractivity contribution in [1.82, 2.24) is 5.32 Å². The van der Waals surface area contributed by atoms with Crippen molar-refractivity contribution in [2.24, 2.45) is 0 Å². The van der Waals surface area contributed by atoms with Crippen LogP contribution in [-0.4, -0.2) is 32.1 Å². The number of carbonyl (C=O) groups is 1. The Morgan fingerprint density at radius 3 is 3.11 bits per heavy atom. The average molecular weight is 266 g/mol. The van der Waals surface area contributed by atoms with Crippen molar-refractivity contribution in [2.75, 3.05) is 25.0 Å². The molecule has 0 fully saturated rings. The fourth-order valence-electron chi connectivity index (χ4n) is 2.20. The highest BCUT2D eigenvalue weighted by Crippen LogP contribution is 2.34. The van der Waals surface area contributed by atoms with Gasteiger partial charge in [0.2, 0.25) is 5.91 Å². The molecular formula is C14H19FN2O2. The molecule has 1 aromatic carbocycles. The molecule has 5 heteroatoms. The predicted octanol–water partition coefficient (Wildman–Crippen LogP) is 1.94. The average Bonchev–Trinajstić information content (AvgIpc) is 2.37. The van der Waals surface area contributed by atoms with E-state index in [4.69, 9.17) is 4.74 Å². The number of amides is 1. The second kappa shape index (κ2) is 6.02. The fourth-order valence-corrected chi connectivity index (χ4v) is 2.20. The Morgan fingerprint density at radius 1 is 1.58 bits per heavy atom. The number of nitrogens with zero attached hydrogens (tertiary/aromatic N) is 1. The number of hydrogen-bond acceptors (Lipinski definition) is 3. The maximum absolute atomic E-state index is 13.2. The second-order valence-corrected chi connectivity index (χ2v) is 4.75. The van der Waals surface area contributed by atoms with E-state index >= 15 is 0 Å². The minimum Gasteiger partial charge on any atom is -0.487 e. The number of carbonyl (C=O) groups excluding carboxylic acids is 1. The summed E-state index contributed by atoms with van der Waals surface area (Å²) in [7, 11) is 1.86. The Bertz CT molecular complexity index is 465. The van der Waals surface area contributed by atoms with E-state index in [1.54, 1.807) is 11.0 Å². The molecule has 1 N–H and O–H groups in total. The van der Waals surface area contributed by atoms with Gasteiger partial charge < -0.3 is 15.0 Å². The van der Waals surface area contributed by atoms with E-state index < -0.39 is 0 Å². The topological polar surface area (TPSA) is 41.6 Å². The molecule has 1 aromatic rings. The summed E-state index contributed by atoms with van der Waals surface area (Å²) >= 11 is 0. The van der Waals surface area contributed by atoms with Crippen molar-refractivity contribution in [3.05, 3.63) is 24.0 Å². The van der Waals surface area contributed by atoms with Gasteiger partial charge in [0.15, 0.2) is 0 Å². The molecule has 0 saturated carbocycles. The first-order chi connectivity index (χ1) is 9.11. The molecule has 104 valence electrons. The van der Waals surface area contributed by atoms with Crippen molar-refractivity contribution in [3.63, 3.8) is 0 Å². The summed E-state index contributed by atoms with van der Waals surface area (Å²) in [6, 6.07) is 4.29. The van der Waals surface area contributed by atoms with E-state index in [1.165, 1.54) is 12.1 Å². The van der Waals surface area contributed by atoms with Crippen LogP contribution in [0.2, 0.25) is 0 Å². The molecule has 1 aliphatic heterocycles. The van der Waals surface area contributed by atoms with E-state index in [-0.39, 0.29) is 17.8 Å². The van der Waals surface area contributed by atoms with Gasteiger partial charge >= 0.3 is 0 Å². The summed E-state index contributed by atoms with van der Waals surface area (Å²) in [4.78, 5) is 13.9. The van der Waals surface area contributed by atoms with Crippen LogP contribution in [0.25, 0.3) is 0 Å². The van der Waals surface area contributed by atoms with Gasteiger partial charge in [0.1, 0.15) is 17.7 Å². The van der Waals surface area contributed by atoms with Gasteiger partial charge in [-0.2, -0.15) is 0 Å². The molecule has 19 heavy (non-hydrogen) atoms. The Labute approximate surface area is 112 Å². The number of anilines is 1. The number of fused-ring (bicyclic) bond motifs is 1. The van der Waals surface area contributed by atoms with Crippen LogP contribution in [0, 0.1) is 5.82 Å². The van der Waals surface area contributed by atoms with Crippen molar-refractivity contribution in [2.45, 2.75) is 25.9 Å². The second-order valence-electron chi connectivity index (χ2n) is 4.75. The largest absolute Gasteiger partial charge is 0.487 e. The third kappa shape index (κ3) is 3.23. The van der Waals surface area contributed by atoms with Crippen LogP contribution in [0.3, 0.4) is 0 Å². The maximum atomic E-state index is 13.2. The Morgan fingerprint density at radius 2 is 2.37 bits per heavy atom. The highest BCUT2D eigenvalue weighted by molar-refractivity contribution is 5.95. The minimum atomic E-state index is -0.351. The lowest BCUT2D eigenvalue weighted by molar-refractivity contribution is -0.119. The van der Waals surface area contributed by atoms with E-state index in [1.807, 2.05) is 14.0 Å². The molecule has 0 saturated heterocycles. The summed E-state index contributed by atoms with van der Waals surface area (Å²) in [6.07, 6.45) is 1.14. The molecule has 2 rings (SSSR count). The number of nitrogens with one attached hydrogen (secondary N) is 1. The van der Waals surface area contributed by atoms with Crippen LogP contribution in [0.15, 0.2) is 18.2 Å². The van der Waals surface area contributed by atoms with Crippen LogP contribution in [0.4, 0.5) is 10.1 Å². The maximum Gasteiger partial charge on any atom is 0.227 e. The summed E-state index contributed by atoms with van der Waals surface area (Å²) in [5.41, 5.74) is 0.661. The Balaban J connectivity index is 2.15. The zero-order valence-corrected chi connectivity index (χ0v) is 11.3. The first kappa shape index (κ1) is 13.8. The van der Waals surface area contributed by atoms with E-state index in [2.05, 4.69) is 5.32 Å². The number of rotatable bonds is 4. The standard InChI is InChI=1S/C14H19FN2O2/c1-10-9-17(14(18)4-3-7-16-2)12-6-5-11(15)8-13(12)19-10/h5-6,8,10,16H,3-4,7,9H2,1-2H3. The highest BCUT2D eigenvalue weighted by Gasteiger charge is 2.27. The molecule has 1 atom stereocenters. The molecule has 1 unspecified atom stereocenters. The number of hydrogen-bond donors (Lipinski definition) is 1. The zero-order valence-electron chi connectivity index (χ0n) is 11.3. The molecular weight excluding hydrogens is 247 g/mol. The van der Waals surface area contributed by atoms with Gasteiger partial charge in [0.05, 0.1) is 12.2 Å². The quantitative estimate of drug-likeness (QED) is 0.847. The first-order valence-electron chi connectivity index (χ1n) is 6.53. The molecule has 0 bridgehead atoms. The van der Waals surface area contributed by atoms with Crippen LogP contribution < -0.4 is 15.0 Å². The van der Waals surface area contributed by atoms with E-state index in [0.29, 0.717) is 24.4 Å². The number of benzene rings is 1. The fraction of sp³-hybridized carbons (Fsp3) is 0.500. The molecule has 0 spiro atoms. The van der Waals surface area contributed by atoms with Gasteiger partial charge in [-0.3, -0.25) is 4.79 Å². The van der Waals surface area contributed by atoms with Crippen molar-refractivity contribution >= 4 is 11.6 Å². The predicted molar refractivity (Wildman–Crippen MR) is 72.0 cm³/mol. The lowest BCUT2D eigenvalue weighted by atomic mass is 10.1. The number of ether oxygens (including phenoxy) is 1. The Kier molecular flexibility index (Phi) is 4.37. The van der Waals surface area contributed by atoms with Gasteiger partial charge in [-0.15, -0.1) is 0 Å². The van der Waals surface area contributed by atoms with Crippen LogP contribution in [0.1, 0.15) is 19.8 Å². The van der Waals surface area contributed by atoms with Crippen molar-refractivity contribution < 1.29 is 13.9 Å². The third-order valence-electron chi connectivity index (χ3n) is 3.10. The summed E-state index contributed by atoms with van der Waals surface area (Å²) in [6.45, 7) is 3.20. The van der Waals surface area contributed by atoms with Gasteiger partial charge in [-0.25, -0.2) is 4.39 Å². The SMILES string of the molecule is CNCCCC(=O)N1CC(C)Oc2cc(F)ccc21. The lowest BCUT2D eigenvalue weighted by Gasteiger charge is -2.33. The molecule has 0 radical (unpaired) electrons. The third-order valence-corrected chi connectivity index (χ3v) is 3.10. The zero-order chi connectivity index (χ0) is 13.8. The van der Waals surface area contributed by atoms with E-state index in [9.17, 15) is 9.18 Å². The monoisotopic (exact) mass is 266 g/mol. The molecule has 1 aliphatic rings. The highest BCUT2D eigenvalue weighted by atomic mass is 19.1. The van der Waals surface area contributed by atoms with E-state index in [0.717, 1.165) is 13.0 Å². The summed E-state index contributed by atoms with van der Waals surface area (Å²) in [5.74, 6) is 0.148. The minimum absolute atomic E-state index is 0.0539. The first-order valence-corrected chi connectivity index (χ1v) is 6.53. The van der Waals surface area contributed by atoms with Gasteiger partial charge in [0, 0.05) is 12.5 Å².